The molecule has 1 aromatic carbocycles. The number of amides is 2. The van der Waals surface area contributed by atoms with Crippen molar-refractivity contribution in [1.29, 1.82) is 0 Å². The first kappa shape index (κ1) is 23.1. The van der Waals surface area contributed by atoms with Crippen molar-refractivity contribution in [2.75, 3.05) is 6.61 Å². The molecule has 160 valence electrons. The summed E-state index contributed by atoms with van der Waals surface area (Å²) in [6.07, 6.45) is 0.0521. The Morgan fingerprint density at radius 1 is 1.21 bits per heavy atom. The third kappa shape index (κ3) is 5.44. The number of nitrogens with one attached hydrogen (secondary N) is 2. The Balaban J connectivity index is 2.14. The van der Waals surface area contributed by atoms with E-state index in [9.17, 15) is 14.4 Å². The van der Waals surface area contributed by atoms with Gasteiger partial charge in [0.1, 0.15) is 18.2 Å². The summed E-state index contributed by atoms with van der Waals surface area (Å²) in [6.45, 7) is 13.7. The van der Waals surface area contributed by atoms with Crippen LogP contribution in [0.5, 0.6) is 0 Å². The molecule has 0 aromatic heterocycles. The molecule has 0 bridgehead atoms. The summed E-state index contributed by atoms with van der Waals surface area (Å²) in [4.78, 5) is 37.9. The zero-order valence-electron chi connectivity index (χ0n) is 18.6. The molecule has 1 aliphatic rings. The van der Waals surface area contributed by atoms with Gasteiger partial charge in [-0.3, -0.25) is 14.4 Å². The Labute approximate surface area is 173 Å². The molecule has 6 heteroatoms. The molecule has 2 amide bonds. The van der Waals surface area contributed by atoms with E-state index in [0.717, 1.165) is 5.56 Å². The average molecular weight is 403 g/mol. The standard InChI is InChI=1S/C23H34N2O4/c1-14(2)12-18(21(28)25-23(7)15(3)29-13-19(23)26)24-20(27)16-8-10-17(11-9-16)22(4,5)6/h8-11,14-15,18H,12-13H2,1-7H3,(H,24,27)(H,25,28)/t15-,18?,23-/m1/s1. The van der Waals surface area contributed by atoms with Crippen molar-refractivity contribution >= 4 is 17.6 Å². The Morgan fingerprint density at radius 2 is 1.79 bits per heavy atom. The molecule has 0 aliphatic carbocycles. The molecular weight excluding hydrogens is 368 g/mol. The number of carbonyl (C=O) groups is 3. The molecule has 1 aliphatic heterocycles. The Kier molecular flexibility index (Phi) is 6.89. The Morgan fingerprint density at radius 3 is 2.24 bits per heavy atom. The van der Waals surface area contributed by atoms with Crippen molar-refractivity contribution in [3.8, 4) is 0 Å². The SMILES string of the molecule is CC(C)CC(NC(=O)c1ccc(C(C)(C)C)cc1)C(=O)N[C@@]1(C)C(=O)CO[C@@H]1C. The lowest BCUT2D eigenvalue weighted by atomic mass is 9.86. The maximum atomic E-state index is 12.9. The van der Waals surface area contributed by atoms with E-state index >= 15 is 0 Å². The molecule has 0 spiro atoms. The molecule has 1 unspecified atom stereocenters. The van der Waals surface area contributed by atoms with Crippen LogP contribution in [0, 0.1) is 5.92 Å². The summed E-state index contributed by atoms with van der Waals surface area (Å²) >= 11 is 0. The van der Waals surface area contributed by atoms with E-state index in [1.807, 2.05) is 26.0 Å². The number of rotatable bonds is 6. The highest BCUT2D eigenvalue weighted by Gasteiger charge is 2.47. The number of hydrogen-bond acceptors (Lipinski definition) is 4. The Bertz CT molecular complexity index is 764. The van der Waals surface area contributed by atoms with Gasteiger partial charge in [-0.1, -0.05) is 46.8 Å². The minimum absolute atomic E-state index is 0.00288. The van der Waals surface area contributed by atoms with Crippen LogP contribution in [0.3, 0.4) is 0 Å². The summed E-state index contributed by atoms with van der Waals surface area (Å²) in [5, 5.41) is 5.66. The molecule has 1 aromatic rings. The molecule has 29 heavy (non-hydrogen) atoms. The van der Waals surface area contributed by atoms with Crippen LogP contribution in [0.4, 0.5) is 0 Å². The van der Waals surface area contributed by atoms with Crippen molar-refractivity contribution in [2.24, 2.45) is 5.92 Å². The largest absolute Gasteiger partial charge is 0.368 e. The van der Waals surface area contributed by atoms with E-state index in [4.69, 9.17) is 4.74 Å². The summed E-state index contributed by atoms with van der Waals surface area (Å²) in [6, 6.07) is 6.69. The van der Waals surface area contributed by atoms with Gasteiger partial charge in [-0.25, -0.2) is 0 Å². The van der Waals surface area contributed by atoms with Gasteiger partial charge in [0.15, 0.2) is 5.78 Å². The quantitative estimate of drug-likeness (QED) is 0.766. The number of carbonyl (C=O) groups excluding carboxylic acids is 3. The topological polar surface area (TPSA) is 84.5 Å². The van der Waals surface area contributed by atoms with Crippen LogP contribution in [-0.4, -0.2) is 41.9 Å². The number of ketones is 1. The van der Waals surface area contributed by atoms with Gasteiger partial charge in [-0.05, 0) is 49.3 Å². The first-order valence-electron chi connectivity index (χ1n) is 10.2. The second-order valence-electron chi connectivity index (χ2n) is 9.55. The highest BCUT2D eigenvalue weighted by molar-refractivity contribution is 6.00. The lowest BCUT2D eigenvalue weighted by Gasteiger charge is -2.30. The minimum atomic E-state index is -1.08. The fraction of sp³-hybridized carbons (Fsp3) is 0.609. The van der Waals surface area contributed by atoms with E-state index in [-0.39, 0.29) is 35.5 Å². The van der Waals surface area contributed by atoms with Crippen LogP contribution in [0.1, 0.15) is 70.8 Å². The van der Waals surface area contributed by atoms with Crippen molar-refractivity contribution in [3.63, 3.8) is 0 Å². The second-order valence-corrected chi connectivity index (χ2v) is 9.55. The first-order chi connectivity index (χ1) is 13.3. The molecule has 1 saturated heterocycles. The van der Waals surface area contributed by atoms with Crippen LogP contribution >= 0.6 is 0 Å². The van der Waals surface area contributed by atoms with Crippen LogP contribution < -0.4 is 10.6 Å². The summed E-state index contributed by atoms with van der Waals surface area (Å²) in [5.74, 6) is -0.647. The van der Waals surface area contributed by atoms with Gasteiger partial charge >= 0.3 is 0 Å². The van der Waals surface area contributed by atoms with E-state index in [2.05, 4.69) is 31.4 Å². The van der Waals surface area contributed by atoms with Gasteiger partial charge in [0, 0.05) is 5.56 Å². The molecular formula is C23H34N2O4. The van der Waals surface area contributed by atoms with E-state index < -0.39 is 17.7 Å². The number of hydrogen-bond donors (Lipinski definition) is 2. The van der Waals surface area contributed by atoms with Crippen LogP contribution in [-0.2, 0) is 19.7 Å². The lowest BCUT2D eigenvalue weighted by molar-refractivity contribution is -0.130. The molecule has 1 heterocycles. The summed E-state index contributed by atoms with van der Waals surface area (Å²) < 4.78 is 5.38. The van der Waals surface area contributed by atoms with Crippen LogP contribution in [0.2, 0.25) is 0 Å². The molecule has 1 fully saturated rings. The second kappa shape index (κ2) is 8.66. The highest BCUT2D eigenvalue weighted by Crippen LogP contribution is 2.23. The maximum absolute atomic E-state index is 12.9. The fourth-order valence-corrected chi connectivity index (χ4v) is 3.32. The maximum Gasteiger partial charge on any atom is 0.251 e. The van der Waals surface area contributed by atoms with Gasteiger partial charge in [0.25, 0.3) is 5.91 Å². The third-order valence-corrected chi connectivity index (χ3v) is 5.58. The van der Waals surface area contributed by atoms with Gasteiger partial charge in [-0.2, -0.15) is 0 Å². The monoisotopic (exact) mass is 402 g/mol. The average Bonchev–Trinajstić information content (AvgIpc) is 2.87. The van der Waals surface area contributed by atoms with Gasteiger partial charge in [0.2, 0.25) is 5.91 Å². The smallest absolute Gasteiger partial charge is 0.251 e. The molecule has 0 saturated carbocycles. The van der Waals surface area contributed by atoms with E-state index in [0.29, 0.717) is 12.0 Å². The van der Waals surface area contributed by atoms with Crippen LogP contribution in [0.25, 0.3) is 0 Å². The van der Waals surface area contributed by atoms with Crippen molar-refractivity contribution in [2.45, 2.75) is 78.0 Å². The number of ether oxygens (including phenoxy) is 1. The number of benzene rings is 1. The van der Waals surface area contributed by atoms with Crippen molar-refractivity contribution in [1.82, 2.24) is 10.6 Å². The van der Waals surface area contributed by atoms with Gasteiger partial charge < -0.3 is 15.4 Å². The summed E-state index contributed by atoms with van der Waals surface area (Å²) in [7, 11) is 0. The van der Waals surface area contributed by atoms with Gasteiger partial charge in [-0.15, -0.1) is 0 Å². The van der Waals surface area contributed by atoms with Crippen molar-refractivity contribution in [3.05, 3.63) is 35.4 Å². The zero-order chi connectivity index (χ0) is 22.0. The highest BCUT2D eigenvalue weighted by atomic mass is 16.5. The van der Waals surface area contributed by atoms with Crippen LogP contribution in [0.15, 0.2) is 24.3 Å². The molecule has 0 radical (unpaired) electrons. The normalized spacial score (nSPS) is 23.2. The predicted molar refractivity (Wildman–Crippen MR) is 113 cm³/mol. The predicted octanol–water partition coefficient (Wildman–Crippen LogP) is 2.99. The van der Waals surface area contributed by atoms with Crippen molar-refractivity contribution < 1.29 is 19.1 Å². The molecule has 3 atom stereocenters. The molecule has 6 nitrogen and oxygen atoms in total. The Hall–Kier alpha value is -2.21. The third-order valence-electron chi connectivity index (χ3n) is 5.58. The molecule has 2 rings (SSSR count). The summed E-state index contributed by atoms with van der Waals surface area (Å²) in [5.41, 5.74) is 0.550. The zero-order valence-corrected chi connectivity index (χ0v) is 18.6. The van der Waals surface area contributed by atoms with E-state index in [1.54, 1.807) is 26.0 Å². The van der Waals surface area contributed by atoms with Gasteiger partial charge in [0.05, 0.1) is 6.10 Å². The van der Waals surface area contributed by atoms with E-state index in [1.165, 1.54) is 0 Å². The lowest BCUT2D eigenvalue weighted by Crippen LogP contribution is -2.60. The fourth-order valence-electron chi connectivity index (χ4n) is 3.32. The first-order valence-corrected chi connectivity index (χ1v) is 10.2. The minimum Gasteiger partial charge on any atom is -0.368 e. The number of Topliss-reactive ketones (excluding diaryl/α,β-unsaturated/α-hetero) is 1. The molecule has 2 N–H and O–H groups in total.